The molecule has 1 atom stereocenters. The Kier molecular flexibility index (Phi) is 5.05. The van der Waals surface area contributed by atoms with Gasteiger partial charge in [0.05, 0.1) is 23.9 Å². The number of benzene rings is 1. The Morgan fingerprint density at radius 1 is 1.21 bits per heavy atom. The summed E-state index contributed by atoms with van der Waals surface area (Å²) in [5.41, 5.74) is 0.415. The molecule has 1 saturated heterocycles. The lowest BCUT2D eigenvalue weighted by Crippen LogP contribution is -2.37. The molecule has 1 aromatic carbocycles. The van der Waals surface area contributed by atoms with Crippen molar-refractivity contribution < 1.29 is 23.8 Å². The molecule has 150 valence electrons. The molecule has 1 amide bonds. The van der Waals surface area contributed by atoms with Gasteiger partial charge in [0, 0.05) is 12.2 Å². The van der Waals surface area contributed by atoms with Gasteiger partial charge in [-0.15, -0.1) is 0 Å². The lowest BCUT2D eigenvalue weighted by atomic mass is 9.97. The van der Waals surface area contributed by atoms with Crippen molar-refractivity contribution in [2.45, 2.75) is 37.8 Å². The number of aliphatic hydroxyl groups excluding tert-OH is 1. The van der Waals surface area contributed by atoms with E-state index >= 15 is 0 Å². The average molecular weight is 396 g/mol. The number of amides is 1. The highest BCUT2D eigenvalue weighted by molar-refractivity contribution is 6.46. The van der Waals surface area contributed by atoms with Gasteiger partial charge in [0.1, 0.15) is 23.4 Å². The van der Waals surface area contributed by atoms with Gasteiger partial charge in [-0.25, -0.2) is 4.39 Å². The lowest BCUT2D eigenvalue weighted by molar-refractivity contribution is -0.141. The molecule has 2 heterocycles. The van der Waals surface area contributed by atoms with Gasteiger partial charge in [0.2, 0.25) is 0 Å². The van der Waals surface area contributed by atoms with Crippen molar-refractivity contribution in [1.29, 1.82) is 0 Å². The minimum Gasteiger partial charge on any atom is -0.507 e. The molecule has 1 N–H and O–H groups in total. The number of carbonyl (C=O) groups is 2. The normalized spacial score (nSPS) is 21.7. The summed E-state index contributed by atoms with van der Waals surface area (Å²) < 4.78 is 19.1. The van der Waals surface area contributed by atoms with E-state index < -0.39 is 29.3 Å². The van der Waals surface area contributed by atoms with Crippen LogP contribution in [0.5, 0.6) is 5.75 Å². The number of aliphatic hydroxyl groups is 1. The molecule has 0 bridgehead atoms. The zero-order valence-corrected chi connectivity index (χ0v) is 16.0. The van der Waals surface area contributed by atoms with Crippen molar-refractivity contribution in [2.24, 2.45) is 0 Å². The summed E-state index contributed by atoms with van der Waals surface area (Å²) >= 11 is 0. The van der Waals surface area contributed by atoms with Crippen LogP contribution < -0.4 is 4.74 Å². The first-order chi connectivity index (χ1) is 14.0. The number of rotatable bonds is 4. The van der Waals surface area contributed by atoms with E-state index in [0.29, 0.717) is 5.69 Å². The van der Waals surface area contributed by atoms with Gasteiger partial charge in [0.25, 0.3) is 11.7 Å². The zero-order chi connectivity index (χ0) is 20.5. The minimum absolute atomic E-state index is 0.0258. The van der Waals surface area contributed by atoms with Crippen LogP contribution in [-0.4, -0.2) is 39.8 Å². The topological polar surface area (TPSA) is 79.7 Å². The number of hydrogen-bond donors (Lipinski definition) is 1. The number of pyridine rings is 1. The molecule has 6 nitrogen and oxygen atoms in total. The first kappa shape index (κ1) is 19.1. The van der Waals surface area contributed by atoms with Crippen LogP contribution in [0.2, 0.25) is 0 Å². The molecule has 0 radical (unpaired) electrons. The standard InChI is InChI=1S/C22H21FN2O4/c1-29-17-10-9-13(23)12-15(17)20(26)18-19(16-8-4-5-11-24-16)25(22(28)21(18)27)14-6-2-3-7-14/h4-5,8-12,14,19,26H,2-3,6-7H2,1H3/b20-18+. The number of nitrogens with zero attached hydrogens (tertiary/aromatic N) is 2. The van der Waals surface area contributed by atoms with E-state index in [1.165, 1.54) is 24.1 Å². The molecule has 2 aliphatic rings. The Morgan fingerprint density at radius 2 is 1.97 bits per heavy atom. The molecule has 1 saturated carbocycles. The second-order valence-electron chi connectivity index (χ2n) is 7.24. The number of methoxy groups -OCH3 is 1. The molecule has 29 heavy (non-hydrogen) atoms. The van der Waals surface area contributed by atoms with E-state index in [9.17, 15) is 19.1 Å². The number of hydrogen-bond acceptors (Lipinski definition) is 5. The Bertz CT molecular complexity index is 984. The summed E-state index contributed by atoms with van der Waals surface area (Å²) in [6.45, 7) is 0. The Balaban J connectivity index is 1.92. The second kappa shape index (κ2) is 7.66. The van der Waals surface area contributed by atoms with E-state index in [4.69, 9.17) is 4.74 Å². The van der Waals surface area contributed by atoms with E-state index in [-0.39, 0.29) is 22.9 Å². The molecule has 1 aliphatic heterocycles. The first-order valence-corrected chi connectivity index (χ1v) is 9.58. The summed E-state index contributed by atoms with van der Waals surface area (Å²) in [6.07, 6.45) is 5.10. The van der Waals surface area contributed by atoms with Crippen LogP contribution in [0.1, 0.15) is 43.0 Å². The number of halogens is 1. The molecule has 4 rings (SSSR count). The van der Waals surface area contributed by atoms with Gasteiger partial charge in [-0.1, -0.05) is 18.9 Å². The first-order valence-electron chi connectivity index (χ1n) is 9.58. The lowest BCUT2D eigenvalue weighted by Gasteiger charge is -2.30. The predicted octanol–water partition coefficient (Wildman–Crippen LogP) is 3.59. The fourth-order valence-electron chi connectivity index (χ4n) is 4.25. The van der Waals surface area contributed by atoms with Crippen LogP contribution in [0.4, 0.5) is 4.39 Å². The molecule has 2 fully saturated rings. The highest BCUT2D eigenvalue weighted by Crippen LogP contribution is 2.43. The van der Waals surface area contributed by atoms with Gasteiger partial charge in [-0.05, 0) is 43.2 Å². The Hall–Kier alpha value is -3.22. The third-order valence-electron chi connectivity index (χ3n) is 5.58. The maximum absolute atomic E-state index is 13.9. The molecule has 1 aromatic heterocycles. The van der Waals surface area contributed by atoms with Gasteiger partial charge >= 0.3 is 0 Å². The monoisotopic (exact) mass is 396 g/mol. The van der Waals surface area contributed by atoms with E-state index in [1.54, 1.807) is 24.4 Å². The van der Waals surface area contributed by atoms with Crippen LogP contribution in [0.15, 0.2) is 48.2 Å². The zero-order valence-electron chi connectivity index (χ0n) is 16.0. The summed E-state index contributed by atoms with van der Waals surface area (Å²) in [7, 11) is 1.39. The third-order valence-corrected chi connectivity index (χ3v) is 5.58. The average Bonchev–Trinajstić information content (AvgIpc) is 3.35. The van der Waals surface area contributed by atoms with Gasteiger partial charge < -0.3 is 14.7 Å². The summed E-state index contributed by atoms with van der Waals surface area (Å²) in [6, 6.07) is 7.95. The van der Waals surface area contributed by atoms with Crippen molar-refractivity contribution >= 4 is 17.4 Å². The highest BCUT2D eigenvalue weighted by Gasteiger charge is 2.50. The number of aromatic nitrogens is 1. The Labute approximate surface area is 167 Å². The second-order valence-corrected chi connectivity index (χ2v) is 7.24. The number of ketones is 1. The summed E-state index contributed by atoms with van der Waals surface area (Å²) in [4.78, 5) is 31.8. The third kappa shape index (κ3) is 3.26. The van der Waals surface area contributed by atoms with Gasteiger partial charge in [-0.2, -0.15) is 0 Å². The van der Waals surface area contributed by atoms with Crippen molar-refractivity contribution in [3.8, 4) is 5.75 Å². The number of ether oxygens (including phenoxy) is 1. The van der Waals surface area contributed by atoms with Gasteiger partial charge in [-0.3, -0.25) is 14.6 Å². The fraction of sp³-hybridized carbons (Fsp3) is 0.318. The largest absolute Gasteiger partial charge is 0.507 e. The van der Waals surface area contributed by atoms with Crippen LogP contribution in [-0.2, 0) is 9.59 Å². The van der Waals surface area contributed by atoms with Crippen LogP contribution in [0, 0.1) is 5.82 Å². The van der Waals surface area contributed by atoms with Crippen molar-refractivity contribution in [3.63, 3.8) is 0 Å². The summed E-state index contributed by atoms with van der Waals surface area (Å²) in [5, 5.41) is 11.0. The van der Waals surface area contributed by atoms with Crippen molar-refractivity contribution in [3.05, 3.63) is 65.2 Å². The molecule has 1 aliphatic carbocycles. The maximum Gasteiger partial charge on any atom is 0.295 e. The molecular weight excluding hydrogens is 375 g/mol. The van der Waals surface area contributed by atoms with E-state index in [2.05, 4.69) is 4.98 Å². The molecule has 1 unspecified atom stereocenters. The van der Waals surface area contributed by atoms with Crippen LogP contribution in [0.25, 0.3) is 5.76 Å². The van der Waals surface area contributed by atoms with Crippen LogP contribution >= 0.6 is 0 Å². The van der Waals surface area contributed by atoms with Crippen molar-refractivity contribution in [1.82, 2.24) is 9.88 Å². The van der Waals surface area contributed by atoms with Crippen molar-refractivity contribution in [2.75, 3.05) is 7.11 Å². The molecule has 7 heteroatoms. The van der Waals surface area contributed by atoms with Crippen LogP contribution in [0.3, 0.4) is 0 Å². The summed E-state index contributed by atoms with van der Waals surface area (Å²) in [5.74, 6) is -2.31. The quantitative estimate of drug-likeness (QED) is 0.485. The minimum atomic E-state index is -0.827. The molecule has 2 aromatic rings. The smallest absolute Gasteiger partial charge is 0.295 e. The number of Topliss-reactive ketones (excluding diaryl/α,β-unsaturated/α-hetero) is 1. The van der Waals surface area contributed by atoms with E-state index in [0.717, 1.165) is 31.7 Å². The maximum atomic E-state index is 13.9. The highest BCUT2D eigenvalue weighted by atomic mass is 19.1. The molecular formula is C22H21FN2O4. The predicted molar refractivity (Wildman–Crippen MR) is 104 cm³/mol. The van der Waals surface area contributed by atoms with E-state index in [1.807, 2.05) is 0 Å². The number of carbonyl (C=O) groups excluding carboxylic acids is 2. The Morgan fingerprint density at radius 3 is 2.62 bits per heavy atom. The van der Waals surface area contributed by atoms with Gasteiger partial charge in [0.15, 0.2) is 0 Å². The fourth-order valence-corrected chi connectivity index (χ4v) is 4.25. The molecule has 0 spiro atoms. The SMILES string of the molecule is COc1ccc(F)cc1/C(O)=C1\C(=O)C(=O)N(C2CCCC2)C1c1ccccn1. The number of likely N-dealkylation sites (tertiary alicyclic amines) is 1.